The number of fused-ring (bicyclic) bond motifs is 3. The molecule has 0 amide bonds. The van der Waals surface area contributed by atoms with E-state index < -0.39 is 11.7 Å². The lowest BCUT2D eigenvalue weighted by molar-refractivity contribution is -0.137. The summed E-state index contributed by atoms with van der Waals surface area (Å²) in [6, 6.07) is 13.1. The van der Waals surface area contributed by atoms with Crippen molar-refractivity contribution in [2.24, 2.45) is 4.99 Å². The molecule has 138 valence electrons. The van der Waals surface area contributed by atoms with E-state index in [1.165, 1.54) is 12.1 Å². The topological polar surface area (TPSA) is 42.2 Å². The first kappa shape index (κ1) is 17.5. The van der Waals surface area contributed by atoms with Crippen molar-refractivity contribution in [2.45, 2.75) is 19.3 Å². The van der Waals surface area contributed by atoms with Gasteiger partial charge in [-0.1, -0.05) is 30.3 Å². The predicted octanol–water partition coefficient (Wildman–Crippen LogP) is 3.96. The standard InChI is InChI=1S/C20H17F3N4/c1-24-10-15-11-25-18-12-26-19(13-5-3-2-4-6-13)16-9-14(20(21,22)23)7-8-17(16)27(15)18/h2-9,11,24H,10,12H2,1H3. The highest BCUT2D eigenvalue weighted by Crippen LogP contribution is 2.34. The van der Waals surface area contributed by atoms with Crippen LogP contribution in [0.15, 0.2) is 59.7 Å². The Kier molecular flexibility index (Phi) is 4.31. The molecule has 0 saturated carbocycles. The number of aliphatic imine (C=N–C) groups is 1. The minimum absolute atomic E-state index is 0.296. The molecule has 2 aromatic carbocycles. The maximum atomic E-state index is 13.4. The van der Waals surface area contributed by atoms with Crippen molar-refractivity contribution in [3.63, 3.8) is 0 Å². The van der Waals surface area contributed by atoms with Gasteiger partial charge in [0.1, 0.15) is 5.82 Å². The average molecular weight is 370 g/mol. The van der Waals surface area contributed by atoms with Crippen LogP contribution in [0.4, 0.5) is 13.2 Å². The molecular formula is C20H17F3N4. The number of alkyl halides is 3. The quantitative estimate of drug-likeness (QED) is 0.758. The van der Waals surface area contributed by atoms with Crippen LogP contribution in [0.25, 0.3) is 5.69 Å². The van der Waals surface area contributed by atoms with E-state index in [2.05, 4.69) is 15.3 Å². The number of imidazole rings is 1. The fourth-order valence-electron chi connectivity index (χ4n) is 3.32. The van der Waals surface area contributed by atoms with Crippen molar-refractivity contribution in [3.05, 3.63) is 82.9 Å². The molecule has 7 heteroatoms. The van der Waals surface area contributed by atoms with Crippen molar-refractivity contribution >= 4 is 5.71 Å². The molecular weight excluding hydrogens is 353 g/mol. The SMILES string of the molecule is CNCc1cnc2n1-c1ccc(C(F)(F)F)cc1C(c1ccccc1)=NC2. The average Bonchev–Trinajstić information content (AvgIpc) is 2.97. The third-order valence-electron chi connectivity index (χ3n) is 4.51. The van der Waals surface area contributed by atoms with E-state index in [0.717, 1.165) is 17.3 Å². The van der Waals surface area contributed by atoms with Crippen LogP contribution in [0.2, 0.25) is 0 Å². The van der Waals surface area contributed by atoms with Crippen molar-refractivity contribution in [1.82, 2.24) is 14.9 Å². The molecule has 3 aromatic rings. The zero-order valence-corrected chi connectivity index (χ0v) is 14.6. The molecule has 1 aliphatic rings. The van der Waals surface area contributed by atoms with Gasteiger partial charge in [0.15, 0.2) is 0 Å². The van der Waals surface area contributed by atoms with E-state index in [9.17, 15) is 13.2 Å². The first-order valence-electron chi connectivity index (χ1n) is 8.51. The highest BCUT2D eigenvalue weighted by atomic mass is 19.4. The summed E-state index contributed by atoms with van der Waals surface area (Å²) in [5.41, 5.74) is 2.60. The van der Waals surface area contributed by atoms with Crippen molar-refractivity contribution in [3.8, 4) is 5.69 Å². The normalized spacial score (nSPS) is 13.6. The number of benzene rings is 2. The minimum Gasteiger partial charge on any atom is -0.314 e. The Labute approximate surface area is 154 Å². The van der Waals surface area contributed by atoms with Crippen LogP contribution >= 0.6 is 0 Å². The van der Waals surface area contributed by atoms with Gasteiger partial charge in [0.05, 0.1) is 35.4 Å². The van der Waals surface area contributed by atoms with Gasteiger partial charge in [-0.2, -0.15) is 13.2 Å². The number of halogens is 3. The highest BCUT2D eigenvalue weighted by Gasteiger charge is 2.32. The zero-order chi connectivity index (χ0) is 19.0. The molecule has 0 aliphatic carbocycles. The Morgan fingerprint density at radius 2 is 1.89 bits per heavy atom. The molecule has 0 unspecified atom stereocenters. The zero-order valence-electron chi connectivity index (χ0n) is 14.6. The second kappa shape index (κ2) is 6.66. The van der Waals surface area contributed by atoms with Crippen molar-refractivity contribution in [2.75, 3.05) is 7.05 Å². The van der Waals surface area contributed by atoms with Gasteiger partial charge in [-0.25, -0.2) is 4.98 Å². The van der Waals surface area contributed by atoms with Crippen molar-refractivity contribution < 1.29 is 13.2 Å². The summed E-state index contributed by atoms with van der Waals surface area (Å²) < 4.78 is 42.0. The lowest BCUT2D eigenvalue weighted by Gasteiger charge is -2.17. The van der Waals surface area contributed by atoms with Gasteiger partial charge in [-0.3, -0.25) is 9.56 Å². The minimum atomic E-state index is -4.42. The van der Waals surface area contributed by atoms with Gasteiger partial charge in [0.25, 0.3) is 0 Å². The van der Waals surface area contributed by atoms with Crippen LogP contribution in [-0.2, 0) is 19.3 Å². The highest BCUT2D eigenvalue weighted by molar-refractivity contribution is 6.15. The molecule has 1 aliphatic heterocycles. The van der Waals surface area contributed by atoms with Crippen LogP contribution < -0.4 is 5.32 Å². The Hall–Kier alpha value is -2.93. The number of aromatic nitrogens is 2. The smallest absolute Gasteiger partial charge is 0.314 e. The summed E-state index contributed by atoms with van der Waals surface area (Å²) in [4.78, 5) is 9.05. The second-order valence-corrected chi connectivity index (χ2v) is 6.29. The van der Waals surface area contributed by atoms with Crippen molar-refractivity contribution in [1.29, 1.82) is 0 Å². The van der Waals surface area contributed by atoms with E-state index in [-0.39, 0.29) is 0 Å². The fraction of sp³-hybridized carbons (Fsp3) is 0.200. The fourth-order valence-corrected chi connectivity index (χ4v) is 3.32. The Bertz CT molecular complexity index is 1000. The van der Waals surface area contributed by atoms with E-state index in [0.29, 0.717) is 35.9 Å². The van der Waals surface area contributed by atoms with Crippen LogP contribution in [-0.4, -0.2) is 22.3 Å². The molecule has 1 aromatic heterocycles. The third kappa shape index (κ3) is 3.14. The van der Waals surface area contributed by atoms with Gasteiger partial charge in [0.2, 0.25) is 0 Å². The molecule has 0 radical (unpaired) electrons. The van der Waals surface area contributed by atoms with Gasteiger partial charge < -0.3 is 5.32 Å². The molecule has 0 spiro atoms. The Balaban J connectivity index is 1.98. The lowest BCUT2D eigenvalue weighted by Crippen LogP contribution is -2.15. The Morgan fingerprint density at radius 3 is 2.59 bits per heavy atom. The number of hydrogen-bond acceptors (Lipinski definition) is 3. The van der Waals surface area contributed by atoms with E-state index >= 15 is 0 Å². The largest absolute Gasteiger partial charge is 0.416 e. The number of nitrogens with zero attached hydrogens (tertiary/aromatic N) is 3. The molecule has 0 atom stereocenters. The number of nitrogens with one attached hydrogen (secondary N) is 1. The Morgan fingerprint density at radius 1 is 1.11 bits per heavy atom. The lowest BCUT2D eigenvalue weighted by atomic mass is 9.98. The maximum absolute atomic E-state index is 13.4. The molecule has 0 saturated heterocycles. The predicted molar refractivity (Wildman–Crippen MR) is 97.1 cm³/mol. The molecule has 0 fully saturated rings. The monoisotopic (exact) mass is 370 g/mol. The van der Waals surface area contributed by atoms with Crippen LogP contribution in [0.5, 0.6) is 0 Å². The summed E-state index contributed by atoms with van der Waals surface area (Å²) in [6.07, 6.45) is -2.69. The third-order valence-corrected chi connectivity index (χ3v) is 4.51. The molecule has 2 heterocycles. The van der Waals surface area contributed by atoms with Gasteiger partial charge in [0, 0.05) is 17.7 Å². The maximum Gasteiger partial charge on any atom is 0.416 e. The molecule has 4 rings (SSSR count). The number of rotatable bonds is 3. The van der Waals surface area contributed by atoms with E-state index in [4.69, 9.17) is 0 Å². The summed E-state index contributed by atoms with van der Waals surface area (Å²) in [7, 11) is 1.82. The summed E-state index contributed by atoms with van der Waals surface area (Å²) in [5.74, 6) is 0.701. The molecule has 0 bridgehead atoms. The second-order valence-electron chi connectivity index (χ2n) is 6.29. The van der Waals surface area contributed by atoms with Crippen LogP contribution in [0.3, 0.4) is 0 Å². The summed E-state index contributed by atoms with van der Waals surface area (Å²) in [6.45, 7) is 0.845. The summed E-state index contributed by atoms with van der Waals surface area (Å²) in [5, 5.41) is 3.07. The molecule has 4 nitrogen and oxygen atoms in total. The first-order valence-corrected chi connectivity index (χ1v) is 8.51. The van der Waals surface area contributed by atoms with E-state index in [1.807, 2.05) is 41.9 Å². The molecule has 1 N–H and O–H groups in total. The van der Waals surface area contributed by atoms with Crippen LogP contribution in [0.1, 0.15) is 28.2 Å². The van der Waals surface area contributed by atoms with Crippen LogP contribution in [0, 0.1) is 0 Å². The van der Waals surface area contributed by atoms with E-state index in [1.54, 1.807) is 6.20 Å². The first-order chi connectivity index (χ1) is 13.0. The summed E-state index contributed by atoms with van der Waals surface area (Å²) >= 11 is 0. The van der Waals surface area contributed by atoms with Gasteiger partial charge in [-0.15, -0.1) is 0 Å². The van der Waals surface area contributed by atoms with Gasteiger partial charge in [-0.05, 0) is 25.2 Å². The molecule has 27 heavy (non-hydrogen) atoms. The van der Waals surface area contributed by atoms with Gasteiger partial charge >= 0.3 is 6.18 Å². The number of hydrogen-bond donors (Lipinski definition) is 1.